The van der Waals surface area contributed by atoms with Crippen LogP contribution in [0.3, 0.4) is 0 Å². The van der Waals surface area contributed by atoms with Gasteiger partial charge in [-0.05, 0) is 51.4 Å². The molecule has 0 amide bonds. The van der Waals surface area contributed by atoms with E-state index in [-0.39, 0.29) is 38.2 Å². The molecule has 0 bridgehead atoms. The van der Waals surface area contributed by atoms with Gasteiger partial charge in [0.05, 0.1) is 34.4 Å². The van der Waals surface area contributed by atoms with Gasteiger partial charge in [-0.3, -0.25) is 9.59 Å². The first-order valence-corrected chi connectivity index (χ1v) is 31.8. The molecule has 2 unspecified atom stereocenters. The van der Waals surface area contributed by atoms with Crippen LogP contribution in [0.2, 0.25) is 0 Å². The molecule has 0 aromatic rings. The Morgan fingerprint density at radius 1 is 0.413 bits per heavy atom. The third-order valence-corrected chi connectivity index (χ3v) is 14.1. The fourth-order valence-electron chi connectivity index (χ4n) is 9.24. The van der Waals surface area contributed by atoms with E-state index in [1.807, 2.05) is 21.1 Å². The van der Waals surface area contributed by atoms with Gasteiger partial charge in [0, 0.05) is 12.8 Å². The first kappa shape index (κ1) is 72.2. The van der Waals surface area contributed by atoms with Crippen LogP contribution in [0.5, 0.6) is 0 Å². The summed E-state index contributed by atoms with van der Waals surface area (Å²) in [5.74, 6) is -1.99. The number of likely N-dealkylation sites (N-methyl/N-ethyl adjacent to an activating group) is 1. The van der Waals surface area contributed by atoms with Crippen molar-refractivity contribution in [1.82, 2.24) is 0 Å². The van der Waals surface area contributed by atoms with Crippen molar-refractivity contribution in [3.05, 3.63) is 48.6 Å². The maximum absolute atomic E-state index is 12.9. The van der Waals surface area contributed by atoms with E-state index in [0.29, 0.717) is 17.4 Å². The number of nitrogens with zero attached hydrogens (tertiary/aromatic N) is 1. The summed E-state index contributed by atoms with van der Waals surface area (Å²) in [5, 5.41) is 9.69. The molecule has 0 saturated carbocycles. The highest BCUT2D eigenvalue weighted by atomic mass is 16.7. The second kappa shape index (κ2) is 57.4. The summed E-state index contributed by atoms with van der Waals surface area (Å²) in [5.41, 5.74) is 0. The summed E-state index contributed by atoms with van der Waals surface area (Å²) in [6.07, 6.45) is 69.5. The lowest BCUT2D eigenvalue weighted by Crippen LogP contribution is -2.40. The highest BCUT2D eigenvalue weighted by Crippen LogP contribution is 2.18. The highest BCUT2D eigenvalue weighted by molar-refractivity contribution is 5.71. The molecule has 0 aliphatic rings. The molecule has 0 fully saturated rings. The standard InChI is InChI=1S/C66H121NO8/c1-6-8-10-12-14-16-18-19-20-21-22-23-24-25-26-27-28-29-30-31-32-33-34-35-36-37-38-39-40-41-42-43-44-45-47-49-51-53-55-57-64(69)75-62(61-74-66(65(70)71)72-59-58-67(3,4)5)60-73-63(68)56-54-52-50-48-46-17-15-13-11-9-7-2/h8,10,14,16,19-20,22-23,62,66H,6-7,9,11-13,15,17-18,21,24-61H2,1-5H3/p+1/b10-8-,16-14-,20-19-,23-22-. The zero-order chi connectivity index (χ0) is 54.8. The summed E-state index contributed by atoms with van der Waals surface area (Å²) < 4.78 is 22.9. The van der Waals surface area contributed by atoms with E-state index in [1.165, 1.54) is 205 Å². The van der Waals surface area contributed by atoms with Crippen molar-refractivity contribution >= 4 is 17.9 Å². The summed E-state index contributed by atoms with van der Waals surface area (Å²) >= 11 is 0. The van der Waals surface area contributed by atoms with Gasteiger partial charge in [0.1, 0.15) is 13.2 Å². The SMILES string of the molecule is CC/C=C\C/C=C\C/C=C\C/C=C\CCCCCCCCCCCCCCCCCCCCCCCCCCCCC(=O)OC(COC(=O)CCCCCCCCCCCCC)COC(OCC[N+](C)(C)C)C(=O)O. The van der Waals surface area contributed by atoms with Gasteiger partial charge in [-0.25, -0.2) is 4.79 Å². The molecule has 2 atom stereocenters. The number of unbranched alkanes of at least 4 members (excludes halogenated alkanes) is 36. The number of aliphatic carboxylic acids is 1. The lowest BCUT2D eigenvalue weighted by molar-refractivity contribution is -0.870. The molecule has 75 heavy (non-hydrogen) atoms. The van der Waals surface area contributed by atoms with Gasteiger partial charge in [0.25, 0.3) is 6.29 Å². The second-order valence-electron chi connectivity index (χ2n) is 22.7. The van der Waals surface area contributed by atoms with Crippen LogP contribution in [-0.2, 0) is 33.3 Å². The van der Waals surface area contributed by atoms with E-state index in [9.17, 15) is 19.5 Å². The number of ether oxygens (including phenoxy) is 4. The number of carbonyl (C=O) groups excluding carboxylic acids is 2. The number of carbonyl (C=O) groups is 3. The van der Waals surface area contributed by atoms with E-state index in [2.05, 4.69) is 62.5 Å². The Bertz CT molecular complexity index is 1370. The topological polar surface area (TPSA) is 108 Å². The van der Waals surface area contributed by atoms with Gasteiger partial charge < -0.3 is 28.5 Å². The van der Waals surface area contributed by atoms with Crippen molar-refractivity contribution in [2.45, 2.75) is 309 Å². The molecule has 0 spiro atoms. The van der Waals surface area contributed by atoms with Crippen LogP contribution >= 0.6 is 0 Å². The highest BCUT2D eigenvalue weighted by Gasteiger charge is 2.25. The summed E-state index contributed by atoms with van der Waals surface area (Å²) in [6, 6.07) is 0. The van der Waals surface area contributed by atoms with Crippen LogP contribution in [0.1, 0.15) is 296 Å². The molecule has 0 heterocycles. The van der Waals surface area contributed by atoms with Crippen LogP contribution in [0, 0.1) is 0 Å². The van der Waals surface area contributed by atoms with Crippen molar-refractivity contribution in [2.75, 3.05) is 47.5 Å². The van der Waals surface area contributed by atoms with Crippen LogP contribution in [0.15, 0.2) is 48.6 Å². The maximum atomic E-state index is 12.9. The predicted octanol–water partition coefficient (Wildman–Crippen LogP) is 19.0. The first-order valence-electron chi connectivity index (χ1n) is 31.8. The van der Waals surface area contributed by atoms with Crippen LogP contribution in [-0.4, -0.2) is 87.4 Å². The number of allylic oxidation sites excluding steroid dienone is 8. The van der Waals surface area contributed by atoms with Crippen LogP contribution < -0.4 is 0 Å². The molecule has 9 nitrogen and oxygen atoms in total. The van der Waals surface area contributed by atoms with Crippen LogP contribution in [0.4, 0.5) is 0 Å². The largest absolute Gasteiger partial charge is 0.477 e. The van der Waals surface area contributed by atoms with Gasteiger partial charge in [-0.2, -0.15) is 0 Å². The molecular formula is C66H122NO8+. The average Bonchev–Trinajstić information content (AvgIpc) is 3.38. The Morgan fingerprint density at radius 3 is 1.13 bits per heavy atom. The van der Waals surface area contributed by atoms with Crippen molar-refractivity contribution in [3.8, 4) is 0 Å². The fourth-order valence-corrected chi connectivity index (χ4v) is 9.24. The Morgan fingerprint density at radius 2 is 0.760 bits per heavy atom. The van der Waals surface area contributed by atoms with Gasteiger partial charge in [-0.1, -0.05) is 281 Å². The van der Waals surface area contributed by atoms with Crippen molar-refractivity contribution in [1.29, 1.82) is 0 Å². The molecule has 0 aromatic heterocycles. The van der Waals surface area contributed by atoms with E-state index < -0.39 is 18.4 Å². The van der Waals surface area contributed by atoms with Gasteiger partial charge in [-0.15, -0.1) is 0 Å². The maximum Gasteiger partial charge on any atom is 0.361 e. The zero-order valence-electron chi connectivity index (χ0n) is 50.0. The molecule has 9 heteroatoms. The fraction of sp³-hybridized carbons (Fsp3) is 0.833. The third-order valence-electron chi connectivity index (χ3n) is 14.1. The Balaban J connectivity index is 3.89. The number of hydrogen-bond donors (Lipinski definition) is 1. The lowest BCUT2D eigenvalue weighted by Gasteiger charge is -2.25. The quantitative estimate of drug-likeness (QED) is 0.0211. The molecule has 0 rings (SSSR count). The summed E-state index contributed by atoms with van der Waals surface area (Å²) in [4.78, 5) is 37.3. The Hall–Kier alpha value is -2.75. The Kier molecular flexibility index (Phi) is 55.3. The van der Waals surface area contributed by atoms with Gasteiger partial charge in [0.2, 0.25) is 0 Å². The number of quaternary nitrogens is 1. The minimum atomic E-state index is -1.51. The minimum absolute atomic E-state index is 0.176. The minimum Gasteiger partial charge on any atom is -0.477 e. The normalized spacial score (nSPS) is 13.0. The number of esters is 2. The summed E-state index contributed by atoms with van der Waals surface area (Å²) in [7, 11) is 5.97. The smallest absolute Gasteiger partial charge is 0.361 e. The van der Waals surface area contributed by atoms with Crippen molar-refractivity contribution in [3.63, 3.8) is 0 Å². The zero-order valence-corrected chi connectivity index (χ0v) is 50.0. The number of rotatable bonds is 59. The number of carboxylic acid groups (broad SMARTS) is 1. The van der Waals surface area contributed by atoms with Crippen LogP contribution in [0.25, 0.3) is 0 Å². The number of hydrogen-bond acceptors (Lipinski definition) is 7. The molecule has 0 aromatic carbocycles. The van der Waals surface area contributed by atoms with Gasteiger partial charge >= 0.3 is 17.9 Å². The average molecular weight is 1060 g/mol. The van der Waals surface area contributed by atoms with Crippen molar-refractivity contribution in [2.24, 2.45) is 0 Å². The molecule has 0 radical (unpaired) electrons. The molecule has 1 N–H and O–H groups in total. The van der Waals surface area contributed by atoms with E-state index in [1.54, 1.807) is 0 Å². The van der Waals surface area contributed by atoms with Crippen molar-refractivity contribution < 1.29 is 42.9 Å². The van der Waals surface area contributed by atoms with E-state index in [4.69, 9.17) is 18.9 Å². The molecular weight excluding hydrogens is 935 g/mol. The summed E-state index contributed by atoms with van der Waals surface area (Å²) in [6.45, 7) is 4.79. The number of carboxylic acids is 1. The molecule has 0 saturated heterocycles. The molecule has 0 aliphatic carbocycles. The van der Waals surface area contributed by atoms with Gasteiger partial charge in [0.15, 0.2) is 6.10 Å². The van der Waals surface area contributed by atoms with E-state index in [0.717, 1.165) is 64.2 Å². The van der Waals surface area contributed by atoms with E-state index >= 15 is 0 Å². The second-order valence-corrected chi connectivity index (χ2v) is 22.7. The third kappa shape index (κ3) is 58.8. The molecule has 0 aliphatic heterocycles. The monoisotopic (exact) mass is 1060 g/mol. The first-order chi connectivity index (χ1) is 36.6. The predicted molar refractivity (Wildman–Crippen MR) is 318 cm³/mol. The lowest BCUT2D eigenvalue weighted by atomic mass is 10.0. The molecule has 438 valence electrons. The Labute approximate surface area is 463 Å².